The van der Waals surface area contributed by atoms with Gasteiger partial charge in [-0.2, -0.15) is 0 Å². The van der Waals surface area contributed by atoms with Crippen LogP contribution in [0.3, 0.4) is 0 Å². The molecule has 1 aromatic rings. The van der Waals surface area contributed by atoms with E-state index in [1.54, 1.807) is 11.8 Å². The number of thioether (sulfide) groups is 1. The Balaban J connectivity index is 0.00000256. The molecule has 0 saturated heterocycles. The van der Waals surface area contributed by atoms with Gasteiger partial charge in [-0.25, -0.2) is 0 Å². The van der Waals surface area contributed by atoms with Crippen LogP contribution >= 0.6 is 24.2 Å². The Bertz CT molecular complexity index is 330. The number of carbonyl (C=O) groups is 1. The van der Waals surface area contributed by atoms with E-state index in [0.29, 0.717) is 18.8 Å². The maximum Gasteiger partial charge on any atom is 0.230 e. The number of rotatable bonds is 6. The van der Waals surface area contributed by atoms with Crippen molar-refractivity contribution in [1.82, 2.24) is 5.32 Å². The van der Waals surface area contributed by atoms with Crippen molar-refractivity contribution in [3.63, 3.8) is 0 Å². The molecule has 0 spiro atoms. The number of hydrogen-bond donors (Lipinski definition) is 2. The zero-order chi connectivity index (χ0) is 11.8. The highest BCUT2D eigenvalue weighted by atomic mass is 35.5. The molecule has 5 heteroatoms. The second-order valence-corrected chi connectivity index (χ2v) is 4.64. The van der Waals surface area contributed by atoms with Gasteiger partial charge in [-0.15, -0.1) is 24.2 Å². The van der Waals surface area contributed by atoms with Gasteiger partial charge < -0.3 is 11.1 Å². The lowest BCUT2D eigenvalue weighted by molar-refractivity contribution is -0.118. The van der Waals surface area contributed by atoms with Gasteiger partial charge in [-0.1, -0.05) is 17.7 Å². The van der Waals surface area contributed by atoms with E-state index in [2.05, 4.69) is 17.4 Å². The predicted molar refractivity (Wildman–Crippen MR) is 75.8 cm³/mol. The van der Waals surface area contributed by atoms with Crippen molar-refractivity contribution in [3.05, 3.63) is 29.8 Å². The molecule has 0 aliphatic rings. The van der Waals surface area contributed by atoms with Crippen molar-refractivity contribution < 1.29 is 4.79 Å². The maximum atomic E-state index is 11.4. The number of halogens is 1. The first-order valence-corrected chi connectivity index (χ1v) is 6.37. The number of hydrogen-bond acceptors (Lipinski definition) is 3. The van der Waals surface area contributed by atoms with Gasteiger partial charge in [-0.05, 0) is 32.0 Å². The summed E-state index contributed by atoms with van der Waals surface area (Å²) in [5.74, 6) is 0.534. The third-order valence-corrected chi connectivity index (χ3v) is 3.11. The fourth-order valence-corrected chi connectivity index (χ4v) is 1.89. The molecule has 0 aliphatic heterocycles. The Morgan fingerprint density at radius 2 is 2.00 bits per heavy atom. The molecule has 0 unspecified atom stereocenters. The van der Waals surface area contributed by atoms with Crippen molar-refractivity contribution in [3.8, 4) is 0 Å². The van der Waals surface area contributed by atoms with Crippen LogP contribution in [0.15, 0.2) is 29.2 Å². The molecular formula is C12H19ClN2OS. The Morgan fingerprint density at radius 3 is 2.59 bits per heavy atom. The molecule has 0 saturated carbocycles. The van der Waals surface area contributed by atoms with Gasteiger partial charge in [0.2, 0.25) is 5.91 Å². The summed E-state index contributed by atoms with van der Waals surface area (Å²) < 4.78 is 0. The van der Waals surface area contributed by atoms with Crippen molar-refractivity contribution >= 4 is 30.1 Å². The smallest absolute Gasteiger partial charge is 0.230 e. The van der Waals surface area contributed by atoms with E-state index in [1.165, 1.54) is 5.56 Å². The summed E-state index contributed by atoms with van der Waals surface area (Å²) in [6.45, 7) is 3.34. The summed E-state index contributed by atoms with van der Waals surface area (Å²) in [6.07, 6.45) is 0.834. The lowest BCUT2D eigenvalue weighted by atomic mass is 10.2. The normalized spacial score (nSPS) is 9.53. The van der Waals surface area contributed by atoms with Crippen LogP contribution < -0.4 is 11.1 Å². The van der Waals surface area contributed by atoms with Crippen molar-refractivity contribution in [1.29, 1.82) is 0 Å². The monoisotopic (exact) mass is 274 g/mol. The number of nitrogens with two attached hydrogens (primary N) is 1. The second-order valence-electron chi connectivity index (χ2n) is 3.59. The number of benzene rings is 1. The molecule has 1 aromatic carbocycles. The van der Waals surface area contributed by atoms with Gasteiger partial charge >= 0.3 is 0 Å². The molecule has 0 bridgehead atoms. The van der Waals surface area contributed by atoms with E-state index in [-0.39, 0.29) is 18.3 Å². The molecule has 96 valence electrons. The molecule has 0 aliphatic carbocycles. The molecule has 3 N–H and O–H groups in total. The van der Waals surface area contributed by atoms with Gasteiger partial charge in [0, 0.05) is 11.4 Å². The van der Waals surface area contributed by atoms with Crippen LogP contribution in [-0.2, 0) is 4.79 Å². The summed E-state index contributed by atoms with van der Waals surface area (Å²) in [6, 6.07) is 8.17. The summed E-state index contributed by atoms with van der Waals surface area (Å²) >= 11 is 1.55. The SMILES string of the molecule is Cc1ccc(SCC(=O)NCCCN)cc1.Cl. The second kappa shape index (κ2) is 9.33. The van der Waals surface area contributed by atoms with Crippen molar-refractivity contribution in [2.45, 2.75) is 18.2 Å². The third-order valence-electron chi connectivity index (χ3n) is 2.09. The quantitative estimate of drug-likeness (QED) is 0.616. The van der Waals surface area contributed by atoms with Gasteiger partial charge in [0.15, 0.2) is 0 Å². The zero-order valence-electron chi connectivity index (χ0n) is 9.94. The Labute approximate surface area is 113 Å². The van der Waals surface area contributed by atoms with Gasteiger partial charge in [0.1, 0.15) is 0 Å². The fourth-order valence-electron chi connectivity index (χ4n) is 1.16. The molecular weight excluding hydrogens is 256 g/mol. The first-order valence-electron chi connectivity index (χ1n) is 5.38. The first kappa shape index (κ1) is 16.3. The topological polar surface area (TPSA) is 55.1 Å². The highest BCUT2D eigenvalue weighted by Gasteiger charge is 2.01. The summed E-state index contributed by atoms with van der Waals surface area (Å²) in [5.41, 5.74) is 6.57. The predicted octanol–water partition coefficient (Wildman–Crippen LogP) is 1.97. The highest BCUT2D eigenvalue weighted by Crippen LogP contribution is 2.17. The van der Waals surface area contributed by atoms with E-state index in [1.807, 2.05) is 19.1 Å². The average molecular weight is 275 g/mol. The molecule has 0 atom stereocenters. The molecule has 1 amide bonds. The van der Waals surface area contributed by atoms with E-state index < -0.39 is 0 Å². The Kier molecular flexibility index (Phi) is 8.94. The highest BCUT2D eigenvalue weighted by molar-refractivity contribution is 8.00. The van der Waals surface area contributed by atoms with Gasteiger partial charge in [0.05, 0.1) is 5.75 Å². The lowest BCUT2D eigenvalue weighted by Crippen LogP contribution is -2.27. The lowest BCUT2D eigenvalue weighted by Gasteiger charge is -2.04. The van der Waals surface area contributed by atoms with Crippen LogP contribution in [0.4, 0.5) is 0 Å². The van der Waals surface area contributed by atoms with E-state index >= 15 is 0 Å². The van der Waals surface area contributed by atoms with Crippen LogP contribution in [-0.4, -0.2) is 24.7 Å². The molecule has 3 nitrogen and oxygen atoms in total. The van der Waals surface area contributed by atoms with Gasteiger partial charge in [0.25, 0.3) is 0 Å². The Hall–Kier alpha value is -0.710. The number of amides is 1. The largest absolute Gasteiger partial charge is 0.355 e. The minimum atomic E-state index is 0. The molecule has 0 fully saturated rings. The first-order chi connectivity index (χ1) is 7.72. The molecule has 17 heavy (non-hydrogen) atoms. The maximum absolute atomic E-state index is 11.4. The summed E-state index contributed by atoms with van der Waals surface area (Å²) in [7, 11) is 0. The number of nitrogens with one attached hydrogen (secondary N) is 1. The zero-order valence-corrected chi connectivity index (χ0v) is 11.6. The number of aryl methyl sites for hydroxylation is 1. The van der Waals surface area contributed by atoms with Crippen molar-refractivity contribution in [2.24, 2.45) is 5.73 Å². The minimum Gasteiger partial charge on any atom is -0.355 e. The average Bonchev–Trinajstić information content (AvgIpc) is 2.29. The standard InChI is InChI=1S/C12H18N2OS.ClH/c1-10-3-5-11(6-4-10)16-9-12(15)14-8-2-7-13;/h3-6H,2,7-9,13H2,1H3,(H,14,15);1H. The van der Waals surface area contributed by atoms with Crippen molar-refractivity contribution in [2.75, 3.05) is 18.8 Å². The van der Waals surface area contributed by atoms with E-state index in [9.17, 15) is 4.79 Å². The van der Waals surface area contributed by atoms with Crippen LogP contribution in [0.25, 0.3) is 0 Å². The van der Waals surface area contributed by atoms with Crippen LogP contribution in [0.1, 0.15) is 12.0 Å². The molecule has 0 aromatic heterocycles. The van der Waals surface area contributed by atoms with E-state index in [4.69, 9.17) is 5.73 Å². The summed E-state index contributed by atoms with van der Waals surface area (Å²) in [5, 5.41) is 2.83. The van der Waals surface area contributed by atoms with E-state index in [0.717, 1.165) is 11.3 Å². The molecule has 0 radical (unpaired) electrons. The van der Waals surface area contributed by atoms with Gasteiger partial charge in [-0.3, -0.25) is 4.79 Å². The minimum absolute atomic E-state index is 0. The number of carbonyl (C=O) groups excluding carboxylic acids is 1. The molecule has 1 rings (SSSR count). The third kappa shape index (κ3) is 7.26. The fraction of sp³-hybridized carbons (Fsp3) is 0.417. The molecule has 0 heterocycles. The summed E-state index contributed by atoms with van der Waals surface area (Å²) in [4.78, 5) is 12.5. The van der Waals surface area contributed by atoms with Crippen LogP contribution in [0, 0.1) is 6.92 Å². The van der Waals surface area contributed by atoms with Crippen LogP contribution in [0.5, 0.6) is 0 Å². The Morgan fingerprint density at radius 1 is 1.35 bits per heavy atom. The van der Waals surface area contributed by atoms with Crippen LogP contribution in [0.2, 0.25) is 0 Å².